The maximum atomic E-state index is 12.9. The van der Waals surface area contributed by atoms with Crippen molar-refractivity contribution < 1.29 is 9.53 Å². The van der Waals surface area contributed by atoms with Crippen LogP contribution in [0.3, 0.4) is 0 Å². The summed E-state index contributed by atoms with van der Waals surface area (Å²) in [5.41, 5.74) is 3.08. The van der Waals surface area contributed by atoms with E-state index in [0.29, 0.717) is 0 Å². The summed E-state index contributed by atoms with van der Waals surface area (Å²) >= 11 is 1.66. The zero-order valence-electron chi connectivity index (χ0n) is 15.8. The smallest absolute Gasteiger partial charge is 0.247 e. The van der Waals surface area contributed by atoms with Gasteiger partial charge in [0.25, 0.3) is 0 Å². The van der Waals surface area contributed by atoms with Gasteiger partial charge in [0.2, 0.25) is 5.91 Å². The van der Waals surface area contributed by atoms with E-state index in [1.807, 2.05) is 30.0 Å². The molecular weight excluding hydrogens is 358 g/mol. The number of imidazole rings is 1. The van der Waals surface area contributed by atoms with Gasteiger partial charge in [-0.25, -0.2) is 4.98 Å². The number of carbonyl (C=O) groups excluding carboxylic acids is 1. The maximum absolute atomic E-state index is 12.9. The number of likely N-dealkylation sites (tertiary alicyclic amines) is 1. The number of methoxy groups -OCH3 is 1. The summed E-state index contributed by atoms with van der Waals surface area (Å²) in [6.45, 7) is 4.84. The second-order valence-corrected chi connectivity index (χ2v) is 8.09. The number of hydrogen-bond acceptors (Lipinski definition) is 4. The van der Waals surface area contributed by atoms with Gasteiger partial charge in [-0.1, -0.05) is 12.1 Å². The second-order valence-electron chi connectivity index (χ2n) is 6.87. The topological polar surface area (TPSA) is 46.8 Å². The molecule has 1 atom stereocenters. The molecule has 0 radical (unpaired) electrons. The SMILES string of the molecule is COc1ccc(C2CCCN2C(=O)/C=C/c2c(C)nc3sc(C)cn23)cc1. The molecule has 0 saturated carbocycles. The van der Waals surface area contributed by atoms with Crippen LogP contribution in [0.15, 0.2) is 36.5 Å². The van der Waals surface area contributed by atoms with E-state index in [1.54, 1.807) is 24.5 Å². The van der Waals surface area contributed by atoms with Crippen LogP contribution in [0.25, 0.3) is 11.0 Å². The third kappa shape index (κ3) is 3.37. The Kier molecular flexibility index (Phi) is 4.74. The van der Waals surface area contributed by atoms with Crippen molar-refractivity contribution in [3.8, 4) is 5.75 Å². The largest absolute Gasteiger partial charge is 0.497 e. The summed E-state index contributed by atoms with van der Waals surface area (Å²) in [4.78, 5) is 21.6. The van der Waals surface area contributed by atoms with Gasteiger partial charge in [0.1, 0.15) is 5.75 Å². The molecule has 0 bridgehead atoms. The van der Waals surface area contributed by atoms with Crippen molar-refractivity contribution in [3.05, 3.63) is 58.4 Å². The van der Waals surface area contributed by atoms with Gasteiger partial charge < -0.3 is 9.64 Å². The van der Waals surface area contributed by atoms with Crippen molar-refractivity contribution in [3.63, 3.8) is 0 Å². The lowest BCUT2D eigenvalue weighted by Gasteiger charge is -2.24. The number of hydrogen-bond donors (Lipinski definition) is 0. The van der Waals surface area contributed by atoms with Gasteiger partial charge in [-0.3, -0.25) is 9.20 Å². The van der Waals surface area contributed by atoms with Crippen LogP contribution in [0.1, 0.15) is 40.7 Å². The Bertz CT molecular complexity index is 1000. The molecule has 0 spiro atoms. The standard InChI is InChI=1S/C21H23N3O2S/c1-14-13-24-18(15(2)22-21(24)27-14)10-11-20(25)23-12-4-5-19(23)16-6-8-17(26-3)9-7-16/h6-11,13,19H,4-5,12H2,1-3H3/b11-10+. The number of aromatic nitrogens is 2. The lowest BCUT2D eigenvalue weighted by Crippen LogP contribution is -2.28. The maximum Gasteiger partial charge on any atom is 0.247 e. The number of ether oxygens (including phenoxy) is 1. The highest BCUT2D eigenvalue weighted by atomic mass is 32.1. The van der Waals surface area contributed by atoms with Gasteiger partial charge in [-0.05, 0) is 50.5 Å². The summed E-state index contributed by atoms with van der Waals surface area (Å²) < 4.78 is 7.29. The van der Waals surface area contributed by atoms with Crippen molar-refractivity contribution >= 4 is 28.3 Å². The Labute approximate surface area is 162 Å². The van der Waals surface area contributed by atoms with E-state index in [1.165, 1.54) is 4.88 Å². The van der Waals surface area contributed by atoms with Crippen LogP contribution in [0.4, 0.5) is 0 Å². The van der Waals surface area contributed by atoms with Crippen LogP contribution in [-0.4, -0.2) is 33.8 Å². The molecule has 5 nitrogen and oxygen atoms in total. The van der Waals surface area contributed by atoms with Gasteiger partial charge in [-0.2, -0.15) is 0 Å². The molecule has 0 N–H and O–H groups in total. The third-order valence-electron chi connectivity index (χ3n) is 5.08. The number of benzene rings is 1. The van der Waals surface area contributed by atoms with E-state index in [9.17, 15) is 4.79 Å². The Morgan fingerprint density at radius 2 is 2.07 bits per heavy atom. The van der Waals surface area contributed by atoms with Crippen LogP contribution >= 0.6 is 11.3 Å². The molecule has 3 aromatic rings. The van der Waals surface area contributed by atoms with E-state index >= 15 is 0 Å². The molecule has 140 valence electrons. The summed E-state index contributed by atoms with van der Waals surface area (Å²) in [5, 5.41) is 0. The van der Waals surface area contributed by atoms with Gasteiger partial charge in [0.05, 0.1) is 24.5 Å². The van der Waals surface area contributed by atoms with Gasteiger partial charge in [-0.15, -0.1) is 11.3 Å². The number of aryl methyl sites for hydroxylation is 2. The number of carbonyl (C=O) groups is 1. The molecule has 1 unspecified atom stereocenters. The summed E-state index contributed by atoms with van der Waals surface area (Å²) in [5.74, 6) is 0.885. The monoisotopic (exact) mass is 381 g/mol. The van der Waals surface area contributed by atoms with Crippen LogP contribution in [0, 0.1) is 13.8 Å². The Morgan fingerprint density at radius 1 is 1.30 bits per heavy atom. The molecule has 6 heteroatoms. The van der Waals surface area contributed by atoms with Crippen molar-refractivity contribution in [1.82, 2.24) is 14.3 Å². The summed E-state index contributed by atoms with van der Waals surface area (Å²) in [7, 11) is 1.66. The fraction of sp³-hybridized carbons (Fsp3) is 0.333. The molecule has 1 saturated heterocycles. The molecule has 1 amide bonds. The minimum atomic E-state index is 0.0506. The Balaban J connectivity index is 1.55. The zero-order valence-corrected chi connectivity index (χ0v) is 16.6. The summed E-state index contributed by atoms with van der Waals surface area (Å²) in [6.07, 6.45) is 7.67. The number of rotatable bonds is 4. The second kappa shape index (κ2) is 7.19. The van der Waals surface area contributed by atoms with Crippen LogP contribution in [0.5, 0.6) is 5.75 Å². The van der Waals surface area contributed by atoms with Crippen LogP contribution in [-0.2, 0) is 4.79 Å². The minimum absolute atomic E-state index is 0.0506. The predicted molar refractivity (Wildman–Crippen MR) is 108 cm³/mol. The third-order valence-corrected chi connectivity index (χ3v) is 5.98. The molecular formula is C21H23N3O2S. The normalized spacial score (nSPS) is 17.3. The van der Waals surface area contributed by atoms with Gasteiger partial charge in [0.15, 0.2) is 4.96 Å². The highest BCUT2D eigenvalue weighted by Gasteiger charge is 2.28. The first-order chi connectivity index (χ1) is 13.1. The fourth-order valence-electron chi connectivity index (χ4n) is 3.73. The number of amides is 1. The number of thiazole rings is 1. The average molecular weight is 382 g/mol. The zero-order chi connectivity index (χ0) is 19.0. The minimum Gasteiger partial charge on any atom is -0.497 e. The molecule has 1 aliphatic rings. The van der Waals surface area contributed by atoms with Gasteiger partial charge in [0, 0.05) is 23.7 Å². The molecule has 27 heavy (non-hydrogen) atoms. The van der Waals surface area contributed by atoms with E-state index in [4.69, 9.17) is 4.74 Å². The molecule has 1 aliphatic heterocycles. The number of nitrogens with zero attached hydrogens (tertiary/aromatic N) is 3. The van der Waals surface area contributed by atoms with Crippen molar-refractivity contribution in [2.45, 2.75) is 32.7 Å². The first-order valence-corrected chi connectivity index (χ1v) is 9.96. The van der Waals surface area contributed by atoms with Crippen LogP contribution in [0.2, 0.25) is 0 Å². The lowest BCUT2D eigenvalue weighted by molar-refractivity contribution is -0.126. The summed E-state index contributed by atoms with van der Waals surface area (Å²) in [6, 6.07) is 8.15. The first kappa shape index (κ1) is 17.8. The van der Waals surface area contributed by atoms with Crippen molar-refractivity contribution in [1.29, 1.82) is 0 Å². The lowest BCUT2D eigenvalue weighted by atomic mass is 10.0. The molecule has 1 aromatic carbocycles. The molecule has 4 rings (SSSR count). The molecule has 1 fully saturated rings. The number of fused-ring (bicyclic) bond motifs is 1. The highest BCUT2D eigenvalue weighted by Crippen LogP contribution is 2.33. The van der Waals surface area contributed by atoms with Crippen molar-refractivity contribution in [2.24, 2.45) is 0 Å². The van der Waals surface area contributed by atoms with E-state index in [2.05, 4.69) is 34.6 Å². The highest BCUT2D eigenvalue weighted by molar-refractivity contribution is 7.17. The first-order valence-electron chi connectivity index (χ1n) is 9.14. The Morgan fingerprint density at radius 3 is 2.81 bits per heavy atom. The van der Waals surface area contributed by atoms with E-state index in [0.717, 1.165) is 47.0 Å². The van der Waals surface area contributed by atoms with Gasteiger partial charge >= 0.3 is 0 Å². The molecule has 0 aliphatic carbocycles. The van der Waals surface area contributed by atoms with E-state index < -0.39 is 0 Å². The molecule has 2 aromatic heterocycles. The van der Waals surface area contributed by atoms with Crippen molar-refractivity contribution in [2.75, 3.05) is 13.7 Å². The average Bonchev–Trinajstić information content (AvgIpc) is 3.35. The Hall–Kier alpha value is -2.60. The fourth-order valence-corrected chi connectivity index (χ4v) is 4.61. The van der Waals surface area contributed by atoms with E-state index in [-0.39, 0.29) is 11.9 Å². The van der Waals surface area contributed by atoms with Crippen LogP contribution < -0.4 is 4.74 Å². The predicted octanol–water partition coefficient (Wildman–Crippen LogP) is 4.40. The quantitative estimate of drug-likeness (QED) is 0.630. The molecule has 3 heterocycles.